The van der Waals surface area contributed by atoms with E-state index < -0.39 is 0 Å². The molecule has 2 amide bonds. The third-order valence-corrected chi connectivity index (χ3v) is 7.44. The third kappa shape index (κ3) is 5.77. The first-order valence-electron chi connectivity index (χ1n) is 14.0. The molecule has 5 rings (SSSR count). The Hall–Kier alpha value is -4.91. The molecule has 0 bridgehead atoms. The molecule has 1 heterocycles. The highest BCUT2D eigenvalue weighted by Crippen LogP contribution is 2.40. The monoisotopic (exact) mass is 563 g/mol. The van der Waals surface area contributed by atoms with Crippen LogP contribution in [0.1, 0.15) is 47.1 Å². The number of anilines is 1. The number of benzene rings is 4. The second kappa shape index (κ2) is 11.9. The van der Waals surface area contributed by atoms with E-state index in [2.05, 4.69) is 41.9 Å². The maximum atomic E-state index is 13.6. The predicted molar refractivity (Wildman–Crippen MR) is 166 cm³/mol. The normalized spacial score (nSPS) is 11.4. The van der Waals surface area contributed by atoms with Crippen LogP contribution in [0.5, 0.6) is 0 Å². The number of furan rings is 1. The Kier molecular flexibility index (Phi) is 8.11. The van der Waals surface area contributed by atoms with E-state index in [-0.39, 0.29) is 23.0 Å². The number of nitrogens with one attached hydrogen (secondary N) is 3. The summed E-state index contributed by atoms with van der Waals surface area (Å²) >= 11 is 0. The third-order valence-electron chi connectivity index (χ3n) is 7.44. The van der Waals surface area contributed by atoms with Gasteiger partial charge in [-0.3, -0.25) is 9.59 Å². The highest BCUT2D eigenvalue weighted by Gasteiger charge is 2.24. The van der Waals surface area contributed by atoms with Crippen LogP contribution >= 0.6 is 0 Å². The molecule has 42 heavy (non-hydrogen) atoms. The number of carbonyl (C=O) groups is 2. The Morgan fingerprint density at radius 2 is 1.60 bits per heavy atom. The summed E-state index contributed by atoms with van der Waals surface area (Å²) in [4.78, 5) is 26.4. The van der Waals surface area contributed by atoms with Crippen molar-refractivity contribution in [3.63, 3.8) is 0 Å². The lowest BCUT2D eigenvalue weighted by Crippen LogP contribution is -2.36. The van der Waals surface area contributed by atoms with Crippen LogP contribution in [0.15, 0.2) is 95.4 Å². The van der Waals surface area contributed by atoms with Gasteiger partial charge in [0.25, 0.3) is 11.8 Å². The van der Waals surface area contributed by atoms with Crippen molar-refractivity contribution in [1.82, 2.24) is 10.6 Å². The highest BCUT2D eigenvalue weighted by atomic mass is 19.1. The summed E-state index contributed by atoms with van der Waals surface area (Å²) in [5, 5.41) is 9.80. The van der Waals surface area contributed by atoms with E-state index in [0.717, 1.165) is 22.4 Å². The van der Waals surface area contributed by atoms with Gasteiger partial charge in [0.05, 0.1) is 5.56 Å². The van der Waals surface area contributed by atoms with Crippen molar-refractivity contribution < 1.29 is 18.4 Å². The van der Waals surface area contributed by atoms with Crippen LogP contribution in [0.4, 0.5) is 10.1 Å². The van der Waals surface area contributed by atoms with Gasteiger partial charge in [0.1, 0.15) is 17.2 Å². The van der Waals surface area contributed by atoms with Gasteiger partial charge in [-0.2, -0.15) is 0 Å². The van der Waals surface area contributed by atoms with Gasteiger partial charge in [-0.15, -0.1) is 0 Å². The Morgan fingerprint density at radius 3 is 2.29 bits per heavy atom. The molecule has 0 spiro atoms. The van der Waals surface area contributed by atoms with Gasteiger partial charge < -0.3 is 20.4 Å². The molecule has 5 aromatic rings. The van der Waals surface area contributed by atoms with Gasteiger partial charge in [-0.25, -0.2) is 4.39 Å². The zero-order valence-electron chi connectivity index (χ0n) is 24.2. The Bertz CT molecular complexity index is 1740. The highest BCUT2D eigenvalue weighted by molar-refractivity contribution is 6.13. The topological polar surface area (TPSA) is 83.4 Å². The first-order valence-corrected chi connectivity index (χ1v) is 14.0. The quantitative estimate of drug-likeness (QED) is 0.174. The summed E-state index contributed by atoms with van der Waals surface area (Å²) in [5.41, 5.74) is 5.35. The van der Waals surface area contributed by atoms with Crippen molar-refractivity contribution in [3.05, 3.63) is 114 Å². The summed E-state index contributed by atoms with van der Waals surface area (Å²) in [6, 6.07) is 27.2. The fourth-order valence-electron chi connectivity index (χ4n) is 5.10. The number of amides is 2. The van der Waals surface area contributed by atoms with E-state index in [1.165, 1.54) is 12.1 Å². The molecule has 0 atom stereocenters. The molecule has 6 nitrogen and oxygen atoms in total. The Labute approximate surface area is 245 Å². The standard InChI is InChI=1S/C35H34FN3O3/c1-5-38-29-20-30-28(31(34(41)37-4)32(42-30)22-14-16-26(36)17-15-22)19-27(29)23-10-9-11-24(18-23)33(40)39-21-35(2,3)25-12-7-6-8-13-25/h6-20,38H,5,21H2,1-4H3,(H,37,41)(H,39,40). The van der Waals surface area contributed by atoms with Crippen molar-refractivity contribution in [1.29, 1.82) is 0 Å². The number of halogens is 1. The maximum Gasteiger partial charge on any atom is 0.255 e. The average molecular weight is 564 g/mol. The van der Waals surface area contributed by atoms with E-state index in [1.54, 1.807) is 25.2 Å². The summed E-state index contributed by atoms with van der Waals surface area (Å²) < 4.78 is 19.8. The molecule has 0 unspecified atom stereocenters. The molecule has 214 valence electrons. The van der Waals surface area contributed by atoms with Crippen LogP contribution in [-0.2, 0) is 5.41 Å². The van der Waals surface area contributed by atoms with Crippen molar-refractivity contribution in [2.24, 2.45) is 0 Å². The lowest BCUT2D eigenvalue weighted by molar-refractivity contribution is 0.0943. The van der Waals surface area contributed by atoms with Crippen LogP contribution in [0.25, 0.3) is 33.4 Å². The van der Waals surface area contributed by atoms with Gasteiger partial charge >= 0.3 is 0 Å². The Morgan fingerprint density at radius 1 is 0.857 bits per heavy atom. The summed E-state index contributed by atoms with van der Waals surface area (Å²) in [6.45, 7) is 7.33. The molecule has 3 N–H and O–H groups in total. The number of hydrogen-bond donors (Lipinski definition) is 3. The fraction of sp³-hybridized carbons (Fsp3) is 0.200. The van der Waals surface area contributed by atoms with E-state index in [0.29, 0.717) is 46.5 Å². The number of rotatable bonds is 9. The minimum Gasteiger partial charge on any atom is -0.455 e. The molecule has 0 radical (unpaired) electrons. The maximum absolute atomic E-state index is 13.6. The molecule has 0 saturated carbocycles. The van der Waals surface area contributed by atoms with E-state index in [9.17, 15) is 14.0 Å². The second-order valence-corrected chi connectivity index (χ2v) is 10.8. The molecule has 0 saturated heterocycles. The molecule has 0 fully saturated rings. The molecule has 0 aliphatic rings. The van der Waals surface area contributed by atoms with Crippen molar-refractivity contribution in [3.8, 4) is 22.5 Å². The largest absolute Gasteiger partial charge is 0.455 e. The SMILES string of the molecule is CCNc1cc2oc(-c3ccc(F)cc3)c(C(=O)NC)c2cc1-c1cccc(C(=O)NCC(C)(C)c2ccccc2)c1. The lowest BCUT2D eigenvalue weighted by atomic mass is 9.84. The summed E-state index contributed by atoms with van der Waals surface area (Å²) in [6.07, 6.45) is 0. The van der Waals surface area contributed by atoms with Gasteiger partial charge in [0.2, 0.25) is 0 Å². The second-order valence-electron chi connectivity index (χ2n) is 10.8. The molecular weight excluding hydrogens is 529 g/mol. The zero-order valence-corrected chi connectivity index (χ0v) is 24.2. The smallest absolute Gasteiger partial charge is 0.255 e. The first-order chi connectivity index (χ1) is 20.2. The van der Waals surface area contributed by atoms with Crippen LogP contribution in [0.3, 0.4) is 0 Å². The van der Waals surface area contributed by atoms with Gasteiger partial charge in [-0.1, -0.05) is 56.3 Å². The van der Waals surface area contributed by atoms with Crippen LogP contribution < -0.4 is 16.0 Å². The molecule has 4 aromatic carbocycles. The van der Waals surface area contributed by atoms with Gasteiger partial charge in [0.15, 0.2) is 0 Å². The molecule has 0 aliphatic heterocycles. The summed E-state index contributed by atoms with van der Waals surface area (Å²) in [5.74, 6) is -0.497. The summed E-state index contributed by atoms with van der Waals surface area (Å²) in [7, 11) is 1.56. The molecule has 0 aliphatic carbocycles. The van der Waals surface area contributed by atoms with Gasteiger partial charge in [0, 0.05) is 59.4 Å². The van der Waals surface area contributed by atoms with Crippen LogP contribution in [-0.4, -0.2) is 32.0 Å². The fourth-order valence-corrected chi connectivity index (χ4v) is 5.10. The van der Waals surface area contributed by atoms with Crippen molar-refractivity contribution in [2.45, 2.75) is 26.2 Å². The molecule has 7 heteroatoms. The minimum atomic E-state index is -0.374. The van der Waals surface area contributed by atoms with E-state index >= 15 is 0 Å². The number of hydrogen-bond acceptors (Lipinski definition) is 4. The predicted octanol–water partition coefficient (Wildman–Crippen LogP) is 7.40. The first kappa shape index (κ1) is 28.6. The number of carbonyl (C=O) groups excluding carboxylic acids is 2. The minimum absolute atomic E-state index is 0.167. The van der Waals surface area contributed by atoms with Gasteiger partial charge in [-0.05, 0) is 60.5 Å². The Balaban J connectivity index is 1.54. The number of fused-ring (bicyclic) bond motifs is 1. The molecular formula is C35H34FN3O3. The molecule has 1 aromatic heterocycles. The lowest BCUT2D eigenvalue weighted by Gasteiger charge is -2.25. The zero-order chi connectivity index (χ0) is 29.9. The van der Waals surface area contributed by atoms with Crippen LogP contribution in [0, 0.1) is 5.82 Å². The van der Waals surface area contributed by atoms with E-state index in [4.69, 9.17) is 4.42 Å². The van der Waals surface area contributed by atoms with E-state index in [1.807, 2.05) is 55.5 Å². The van der Waals surface area contributed by atoms with Crippen molar-refractivity contribution in [2.75, 3.05) is 25.5 Å². The average Bonchev–Trinajstić information content (AvgIpc) is 3.38. The van der Waals surface area contributed by atoms with Crippen molar-refractivity contribution >= 4 is 28.5 Å². The van der Waals surface area contributed by atoms with Crippen LogP contribution in [0.2, 0.25) is 0 Å².